The Morgan fingerprint density at radius 3 is 1.96 bits per heavy atom. The highest BCUT2D eigenvalue weighted by atomic mass is 32.2. The van der Waals surface area contributed by atoms with Gasteiger partial charge < -0.3 is 9.80 Å². The molecule has 1 fully saturated rings. The van der Waals surface area contributed by atoms with Gasteiger partial charge in [0.1, 0.15) is 0 Å². The van der Waals surface area contributed by atoms with Gasteiger partial charge in [0.15, 0.2) is 0 Å². The summed E-state index contributed by atoms with van der Waals surface area (Å²) in [7, 11) is 0.852. The molecule has 0 aromatic heterocycles. The molecule has 24 heavy (non-hydrogen) atoms. The van der Waals surface area contributed by atoms with Crippen molar-refractivity contribution in [3.05, 3.63) is 29.8 Å². The van der Waals surface area contributed by atoms with Crippen LogP contribution >= 0.6 is 0 Å². The van der Waals surface area contributed by atoms with Crippen LogP contribution in [0.1, 0.15) is 5.56 Å². The predicted octanol–water partition coefficient (Wildman–Crippen LogP) is 0.453. The number of hydrogen-bond acceptors (Lipinski definition) is 5. The summed E-state index contributed by atoms with van der Waals surface area (Å²) in [4.78, 5) is 7.31. The third-order valence-corrected chi connectivity index (χ3v) is 5.99. The van der Waals surface area contributed by atoms with Crippen molar-refractivity contribution in [1.82, 2.24) is 19.4 Å². The number of hydrogen-bond donors (Lipinski definition) is 1. The van der Waals surface area contributed by atoms with Crippen LogP contribution in [0.2, 0.25) is 0 Å². The van der Waals surface area contributed by atoms with Gasteiger partial charge in [-0.25, -0.2) is 13.1 Å². The molecule has 0 radical (unpaired) electrons. The maximum Gasteiger partial charge on any atom is 0.240 e. The van der Waals surface area contributed by atoms with Crippen molar-refractivity contribution >= 4 is 10.0 Å². The number of aryl methyl sites for hydroxylation is 1. The first-order valence-electron chi connectivity index (χ1n) is 8.52. The summed E-state index contributed by atoms with van der Waals surface area (Å²) in [5.74, 6) is 0. The predicted molar refractivity (Wildman–Crippen MR) is 97.8 cm³/mol. The average Bonchev–Trinajstić information content (AvgIpc) is 2.61. The molecule has 136 valence electrons. The lowest BCUT2D eigenvalue weighted by molar-refractivity contribution is 0.238. The largest absolute Gasteiger partial charge is 0.304 e. The summed E-state index contributed by atoms with van der Waals surface area (Å²) >= 11 is 0. The number of sulfonamides is 1. The first-order valence-corrected chi connectivity index (χ1v) is 10.0. The Labute approximate surface area is 146 Å². The fourth-order valence-corrected chi connectivity index (χ4v) is 3.68. The van der Waals surface area contributed by atoms with Crippen LogP contribution in [0, 0.1) is 6.92 Å². The van der Waals surface area contributed by atoms with E-state index in [-0.39, 0.29) is 0 Å². The summed E-state index contributed by atoms with van der Waals surface area (Å²) in [5, 5.41) is 0. The SMILES string of the molecule is Cc1ccc(S(=O)(=O)NCCN2CCN(C)CCN(C)CC2)cc1. The number of benzene rings is 1. The fraction of sp³-hybridized carbons (Fsp3) is 0.647. The van der Waals surface area contributed by atoms with E-state index in [2.05, 4.69) is 33.5 Å². The lowest BCUT2D eigenvalue weighted by atomic mass is 10.2. The van der Waals surface area contributed by atoms with E-state index in [9.17, 15) is 8.42 Å². The highest BCUT2D eigenvalue weighted by molar-refractivity contribution is 7.89. The smallest absolute Gasteiger partial charge is 0.240 e. The summed E-state index contributed by atoms with van der Waals surface area (Å²) < 4.78 is 27.4. The van der Waals surface area contributed by atoms with Crippen LogP contribution in [0.25, 0.3) is 0 Å². The van der Waals surface area contributed by atoms with Gasteiger partial charge in [0.25, 0.3) is 0 Å². The molecule has 1 heterocycles. The zero-order chi connectivity index (χ0) is 17.6. The zero-order valence-electron chi connectivity index (χ0n) is 15.0. The highest BCUT2D eigenvalue weighted by Crippen LogP contribution is 2.09. The zero-order valence-corrected chi connectivity index (χ0v) is 15.8. The Kier molecular flexibility index (Phi) is 7.18. The highest BCUT2D eigenvalue weighted by Gasteiger charge is 2.15. The molecule has 0 bridgehead atoms. The van der Waals surface area contributed by atoms with E-state index in [0.29, 0.717) is 11.4 Å². The van der Waals surface area contributed by atoms with Gasteiger partial charge in [-0.1, -0.05) is 17.7 Å². The van der Waals surface area contributed by atoms with Crippen LogP contribution in [0.15, 0.2) is 29.2 Å². The van der Waals surface area contributed by atoms with E-state index < -0.39 is 10.0 Å². The lowest BCUT2D eigenvalue weighted by Gasteiger charge is -2.24. The molecule has 0 atom stereocenters. The first kappa shape index (κ1) is 19.3. The van der Waals surface area contributed by atoms with Crippen molar-refractivity contribution < 1.29 is 8.42 Å². The monoisotopic (exact) mass is 354 g/mol. The van der Waals surface area contributed by atoms with Crippen molar-refractivity contribution in [2.45, 2.75) is 11.8 Å². The van der Waals surface area contributed by atoms with Crippen molar-refractivity contribution in [2.24, 2.45) is 0 Å². The number of nitrogens with zero attached hydrogens (tertiary/aromatic N) is 3. The van der Waals surface area contributed by atoms with Gasteiger partial charge in [0.2, 0.25) is 10.0 Å². The van der Waals surface area contributed by atoms with Gasteiger partial charge in [-0.2, -0.15) is 0 Å². The van der Waals surface area contributed by atoms with Crippen molar-refractivity contribution in [2.75, 3.05) is 66.5 Å². The third kappa shape index (κ3) is 6.14. The molecule has 2 rings (SSSR count). The van der Waals surface area contributed by atoms with E-state index in [0.717, 1.165) is 51.4 Å². The van der Waals surface area contributed by atoms with Crippen LogP contribution in [0.5, 0.6) is 0 Å². The minimum Gasteiger partial charge on any atom is -0.304 e. The number of nitrogens with one attached hydrogen (secondary N) is 1. The second-order valence-corrected chi connectivity index (χ2v) is 8.43. The Morgan fingerprint density at radius 2 is 1.42 bits per heavy atom. The normalized spacial score (nSPS) is 19.6. The van der Waals surface area contributed by atoms with E-state index in [1.165, 1.54) is 0 Å². The average molecular weight is 355 g/mol. The van der Waals surface area contributed by atoms with Crippen LogP contribution < -0.4 is 4.72 Å². The summed E-state index contributed by atoms with van der Waals surface area (Å²) in [6, 6.07) is 6.95. The second kappa shape index (κ2) is 8.92. The standard InChI is InChI=1S/C17H30N4O2S/c1-16-4-6-17(7-5-16)24(22,23)18-8-9-21-14-12-19(2)10-11-20(3)13-15-21/h4-7,18H,8-15H2,1-3H3. The van der Waals surface area contributed by atoms with Crippen molar-refractivity contribution in [3.8, 4) is 0 Å². The molecule has 0 unspecified atom stereocenters. The molecule has 1 aliphatic heterocycles. The Bertz CT molecular complexity index is 590. The van der Waals surface area contributed by atoms with E-state index in [1.807, 2.05) is 19.1 Å². The summed E-state index contributed by atoms with van der Waals surface area (Å²) in [6.45, 7) is 9.22. The molecule has 1 aliphatic rings. The van der Waals surface area contributed by atoms with Gasteiger partial charge in [-0.3, -0.25) is 4.90 Å². The Balaban J connectivity index is 1.86. The van der Waals surface area contributed by atoms with Gasteiger partial charge in [0, 0.05) is 52.4 Å². The summed E-state index contributed by atoms with van der Waals surface area (Å²) in [5.41, 5.74) is 1.05. The van der Waals surface area contributed by atoms with Crippen LogP contribution in [-0.2, 0) is 10.0 Å². The lowest BCUT2D eigenvalue weighted by Crippen LogP contribution is -2.40. The molecule has 0 spiro atoms. The molecule has 0 amide bonds. The Morgan fingerprint density at radius 1 is 0.917 bits per heavy atom. The molecular formula is C17H30N4O2S. The molecular weight excluding hydrogens is 324 g/mol. The maximum absolute atomic E-state index is 12.3. The minimum absolute atomic E-state index is 0.331. The molecule has 0 aliphatic carbocycles. The molecule has 7 heteroatoms. The van der Waals surface area contributed by atoms with E-state index in [4.69, 9.17) is 0 Å². The first-order chi connectivity index (χ1) is 11.4. The number of rotatable bonds is 5. The van der Waals surface area contributed by atoms with Crippen LogP contribution in [0.3, 0.4) is 0 Å². The topological polar surface area (TPSA) is 55.9 Å². The second-order valence-electron chi connectivity index (χ2n) is 6.66. The van der Waals surface area contributed by atoms with Gasteiger partial charge in [0.05, 0.1) is 4.90 Å². The molecule has 1 saturated heterocycles. The molecule has 1 aromatic carbocycles. The van der Waals surface area contributed by atoms with E-state index >= 15 is 0 Å². The molecule has 6 nitrogen and oxygen atoms in total. The van der Waals surface area contributed by atoms with Gasteiger partial charge >= 0.3 is 0 Å². The molecule has 1 N–H and O–H groups in total. The molecule has 1 aromatic rings. The van der Waals surface area contributed by atoms with E-state index in [1.54, 1.807) is 12.1 Å². The minimum atomic E-state index is -3.42. The van der Waals surface area contributed by atoms with Crippen LogP contribution in [0.4, 0.5) is 0 Å². The van der Waals surface area contributed by atoms with Gasteiger partial charge in [-0.05, 0) is 33.2 Å². The van der Waals surface area contributed by atoms with Crippen molar-refractivity contribution in [3.63, 3.8) is 0 Å². The summed E-state index contributed by atoms with van der Waals surface area (Å²) in [6.07, 6.45) is 0. The van der Waals surface area contributed by atoms with Crippen LogP contribution in [-0.4, -0.2) is 89.6 Å². The molecule has 0 saturated carbocycles. The maximum atomic E-state index is 12.3. The quantitative estimate of drug-likeness (QED) is 0.832. The third-order valence-electron chi connectivity index (χ3n) is 4.51. The number of likely N-dealkylation sites (N-methyl/N-ethyl adjacent to an activating group) is 2. The fourth-order valence-electron chi connectivity index (χ4n) is 2.66. The van der Waals surface area contributed by atoms with Crippen molar-refractivity contribution in [1.29, 1.82) is 0 Å². The van der Waals surface area contributed by atoms with Gasteiger partial charge in [-0.15, -0.1) is 0 Å². The Hall–Kier alpha value is -0.990.